The van der Waals surface area contributed by atoms with E-state index >= 15 is 0 Å². The summed E-state index contributed by atoms with van der Waals surface area (Å²) in [4.78, 5) is 23.0. The molecule has 0 N–H and O–H groups in total. The summed E-state index contributed by atoms with van der Waals surface area (Å²) >= 11 is 1.42. The Hall–Kier alpha value is -1.23. The van der Waals surface area contributed by atoms with Crippen molar-refractivity contribution in [1.82, 2.24) is 23.5 Å². The summed E-state index contributed by atoms with van der Waals surface area (Å²) in [6, 6.07) is -0.110. The number of carbonyl (C=O) groups is 1. The van der Waals surface area contributed by atoms with E-state index in [0.29, 0.717) is 30.4 Å². The predicted octanol–water partition coefficient (Wildman–Crippen LogP) is 0.541. The highest BCUT2D eigenvalue weighted by atomic mass is 32.2. The maximum Gasteiger partial charge on any atom is 0.281 e. The van der Waals surface area contributed by atoms with Gasteiger partial charge in [-0.2, -0.15) is 17.0 Å². The molecule has 1 aromatic rings. The normalized spacial score (nSPS) is 24.6. The molecule has 3 saturated heterocycles. The summed E-state index contributed by atoms with van der Waals surface area (Å²) in [6.45, 7) is 1.38. The van der Waals surface area contributed by atoms with E-state index in [1.165, 1.54) is 34.5 Å². The number of rotatable bonds is 4. The Bertz CT molecular complexity index is 738. The average molecular weight is 386 g/mol. The van der Waals surface area contributed by atoms with Gasteiger partial charge in [0.15, 0.2) is 5.16 Å². The van der Waals surface area contributed by atoms with Crippen LogP contribution in [0.1, 0.15) is 23.2 Å². The van der Waals surface area contributed by atoms with Crippen LogP contribution in [0.5, 0.6) is 0 Å². The van der Waals surface area contributed by atoms with Gasteiger partial charge in [-0.25, -0.2) is 9.97 Å². The zero-order valence-electron chi connectivity index (χ0n) is 14.6. The largest absolute Gasteiger partial charge is 0.334 e. The second kappa shape index (κ2) is 7.18. The minimum atomic E-state index is -3.47. The molecule has 0 unspecified atom stereocenters. The van der Waals surface area contributed by atoms with Gasteiger partial charge >= 0.3 is 0 Å². The van der Waals surface area contributed by atoms with Crippen molar-refractivity contribution >= 4 is 27.9 Å². The molecule has 0 saturated carbocycles. The Balaban J connectivity index is 1.81. The molecule has 0 spiro atoms. The summed E-state index contributed by atoms with van der Waals surface area (Å²) < 4.78 is 27.7. The minimum Gasteiger partial charge on any atom is -0.334 e. The van der Waals surface area contributed by atoms with Crippen molar-refractivity contribution in [3.8, 4) is 0 Å². The predicted molar refractivity (Wildman–Crippen MR) is 95.5 cm³/mol. The molecule has 8 nitrogen and oxygen atoms in total. The van der Waals surface area contributed by atoms with Crippen molar-refractivity contribution in [2.24, 2.45) is 5.92 Å². The molecule has 1 amide bonds. The number of piperidine rings is 1. The minimum absolute atomic E-state index is 0.110. The van der Waals surface area contributed by atoms with Crippen molar-refractivity contribution in [3.05, 3.63) is 18.0 Å². The molecule has 0 aliphatic carbocycles. The van der Waals surface area contributed by atoms with Gasteiger partial charge in [0.2, 0.25) is 0 Å². The molecule has 3 fully saturated rings. The van der Waals surface area contributed by atoms with E-state index < -0.39 is 10.2 Å². The molecule has 1 aromatic heterocycles. The monoisotopic (exact) mass is 385 g/mol. The maximum atomic E-state index is 12.9. The van der Waals surface area contributed by atoms with E-state index in [-0.39, 0.29) is 17.9 Å². The lowest BCUT2D eigenvalue weighted by molar-refractivity contribution is 0.0587. The maximum absolute atomic E-state index is 12.9. The van der Waals surface area contributed by atoms with E-state index in [2.05, 4.69) is 9.97 Å². The lowest BCUT2D eigenvalue weighted by Gasteiger charge is -2.36. The highest BCUT2D eigenvalue weighted by Crippen LogP contribution is 2.30. The van der Waals surface area contributed by atoms with Gasteiger partial charge < -0.3 is 4.90 Å². The van der Waals surface area contributed by atoms with Crippen LogP contribution in [0.15, 0.2) is 17.6 Å². The first kappa shape index (κ1) is 18.6. The molecule has 4 heterocycles. The van der Waals surface area contributed by atoms with Crippen LogP contribution < -0.4 is 0 Å². The fraction of sp³-hybridized carbons (Fsp3) is 0.667. The Morgan fingerprint density at radius 3 is 2.48 bits per heavy atom. The molecule has 2 bridgehead atoms. The van der Waals surface area contributed by atoms with Gasteiger partial charge in [-0.3, -0.25) is 4.79 Å². The number of hydrogen-bond donors (Lipinski definition) is 0. The highest BCUT2D eigenvalue weighted by molar-refractivity contribution is 7.98. The number of hydrogen-bond acceptors (Lipinski definition) is 6. The second-order valence-corrected chi connectivity index (χ2v) is 9.54. The Kier molecular flexibility index (Phi) is 5.33. The van der Waals surface area contributed by atoms with Gasteiger partial charge in [0, 0.05) is 52.2 Å². The van der Waals surface area contributed by atoms with Crippen molar-refractivity contribution in [2.75, 3.05) is 40.0 Å². The third kappa shape index (κ3) is 3.67. The average Bonchev–Trinajstić information content (AvgIpc) is 2.93. The lowest BCUT2D eigenvalue weighted by atomic mass is 9.94. The van der Waals surface area contributed by atoms with E-state index in [4.69, 9.17) is 0 Å². The number of fused-ring (bicyclic) bond motifs is 4. The smallest absolute Gasteiger partial charge is 0.281 e. The number of nitrogens with zero attached hydrogens (tertiary/aromatic N) is 5. The van der Waals surface area contributed by atoms with Gasteiger partial charge in [-0.1, -0.05) is 11.8 Å². The molecule has 138 valence electrons. The number of thioether (sulfide) groups is 1. The molecule has 0 radical (unpaired) electrons. The Morgan fingerprint density at radius 2 is 1.88 bits per heavy atom. The zero-order valence-corrected chi connectivity index (χ0v) is 16.3. The molecule has 2 atom stereocenters. The molecule has 10 heteroatoms. The van der Waals surface area contributed by atoms with Gasteiger partial charge in [0.25, 0.3) is 16.1 Å². The number of amides is 1. The lowest BCUT2D eigenvalue weighted by Crippen LogP contribution is -2.48. The Morgan fingerprint density at radius 1 is 1.20 bits per heavy atom. The first-order chi connectivity index (χ1) is 11.8. The van der Waals surface area contributed by atoms with Crippen molar-refractivity contribution in [1.29, 1.82) is 0 Å². The van der Waals surface area contributed by atoms with Gasteiger partial charge in [0.1, 0.15) is 0 Å². The van der Waals surface area contributed by atoms with Crippen LogP contribution in [0.2, 0.25) is 0 Å². The standard InChI is InChI=1S/C15H23N5O3S2/c1-18(2)25(22,23)19-8-11-4-5-13(10-19)20(9-11)14(21)12-6-16-15(24-3)17-7-12/h6-7,11,13H,4-5,8-10H2,1-3H3/t11-,13+/m0/s1. The molecule has 3 aliphatic heterocycles. The van der Waals surface area contributed by atoms with Gasteiger partial charge in [-0.05, 0) is 25.0 Å². The van der Waals surface area contributed by atoms with Gasteiger partial charge in [-0.15, -0.1) is 0 Å². The van der Waals surface area contributed by atoms with Crippen molar-refractivity contribution < 1.29 is 13.2 Å². The van der Waals surface area contributed by atoms with Crippen LogP contribution in [0.3, 0.4) is 0 Å². The van der Waals surface area contributed by atoms with E-state index in [0.717, 1.165) is 12.8 Å². The van der Waals surface area contributed by atoms with E-state index in [1.54, 1.807) is 17.3 Å². The van der Waals surface area contributed by atoms with Crippen LogP contribution >= 0.6 is 11.8 Å². The molecule has 4 rings (SSSR count). The SMILES string of the molecule is CSc1ncc(C(=O)N2C[C@H]3CC[C@@H]2CN(S(=O)(=O)N(C)C)C3)cn1. The summed E-state index contributed by atoms with van der Waals surface area (Å²) in [6.07, 6.45) is 6.74. The summed E-state index contributed by atoms with van der Waals surface area (Å²) in [7, 11) is -0.396. The van der Waals surface area contributed by atoms with Gasteiger partial charge in [0.05, 0.1) is 5.56 Å². The fourth-order valence-electron chi connectivity index (χ4n) is 3.40. The molecular formula is C15H23N5O3S2. The highest BCUT2D eigenvalue weighted by Gasteiger charge is 2.41. The molecular weight excluding hydrogens is 362 g/mol. The van der Waals surface area contributed by atoms with Crippen molar-refractivity contribution in [2.45, 2.75) is 24.0 Å². The molecule has 3 aliphatic rings. The van der Waals surface area contributed by atoms with E-state index in [9.17, 15) is 13.2 Å². The quantitative estimate of drug-likeness (QED) is 0.555. The molecule has 25 heavy (non-hydrogen) atoms. The van der Waals surface area contributed by atoms with Crippen LogP contribution in [0, 0.1) is 5.92 Å². The summed E-state index contributed by atoms with van der Waals surface area (Å²) in [5.74, 6) is 0.0373. The second-order valence-electron chi connectivity index (χ2n) is 6.62. The van der Waals surface area contributed by atoms with Crippen LogP contribution in [-0.2, 0) is 10.2 Å². The van der Waals surface area contributed by atoms with E-state index in [1.807, 2.05) is 6.26 Å². The topological polar surface area (TPSA) is 86.7 Å². The summed E-state index contributed by atoms with van der Waals surface area (Å²) in [5.41, 5.74) is 0.451. The first-order valence-corrected chi connectivity index (χ1v) is 10.8. The third-order valence-corrected chi connectivity index (χ3v) is 7.24. The van der Waals surface area contributed by atoms with Crippen LogP contribution in [0.25, 0.3) is 0 Å². The first-order valence-electron chi connectivity index (χ1n) is 8.17. The van der Waals surface area contributed by atoms with Crippen LogP contribution in [0.4, 0.5) is 0 Å². The number of aromatic nitrogens is 2. The zero-order chi connectivity index (χ0) is 18.2. The van der Waals surface area contributed by atoms with Crippen molar-refractivity contribution in [3.63, 3.8) is 0 Å². The fourth-order valence-corrected chi connectivity index (χ4v) is 4.94. The van der Waals surface area contributed by atoms with Crippen LogP contribution in [-0.4, -0.2) is 83.8 Å². The summed E-state index contributed by atoms with van der Waals surface area (Å²) in [5, 5.41) is 0.622. The third-order valence-electron chi connectivity index (χ3n) is 4.79. The Labute approximate surface area is 152 Å². The number of carbonyl (C=O) groups excluding carboxylic acids is 1. The molecule has 0 aromatic carbocycles.